The van der Waals surface area contributed by atoms with E-state index >= 15 is 0 Å². The molecule has 1 unspecified atom stereocenters. The van der Waals surface area contributed by atoms with E-state index in [4.69, 9.17) is 4.74 Å². The predicted molar refractivity (Wildman–Crippen MR) is 110 cm³/mol. The maximum atomic E-state index is 12.2. The zero-order valence-electron chi connectivity index (χ0n) is 15.9. The Hall–Kier alpha value is -3.61. The number of nitrogens with one attached hydrogen (secondary N) is 3. The van der Waals surface area contributed by atoms with Crippen molar-refractivity contribution in [3.63, 3.8) is 0 Å². The van der Waals surface area contributed by atoms with Crippen molar-refractivity contribution in [1.29, 1.82) is 0 Å². The fraction of sp³-hybridized carbons (Fsp3) is 0.227. The number of hydrogen-bond donors (Lipinski definition) is 3. The lowest BCUT2D eigenvalue weighted by molar-refractivity contribution is -0.122. The summed E-state index contributed by atoms with van der Waals surface area (Å²) in [5.41, 5.74) is 2.48. The Balaban J connectivity index is 1.35. The third-order valence-corrected chi connectivity index (χ3v) is 4.69. The monoisotopic (exact) mass is 391 g/mol. The first-order chi connectivity index (χ1) is 14.0. The van der Waals surface area contributed by atoms with Crippen molar-refractivity contribution in [2.45, 2.75) is 31.9 Å². The molecule has 7 nitrogen and oxygen atoms in total. The van der Waals surface area contributed by atoms with Gasteiger partial charge in [0.15, 0.2) is 6.10 Å². The molecule has 1 atom stereocenters. The number of rotatable bonds is 5. The summed E-state index contributed by atoms with van der Waals surface area (Å²) in [5.74, 6) is -0.0397. The van der Waals surface area contributed by atoms with E-state index in [9.17, 15) is 14.4 Å². The molecule has 4 rings (SSSR count). The van der Waals surface area contributed by atoms with E-state index in [1.807, 2.05) is 0 Å². The lowest BCUT2D eigenvalue weighted by atomic mass is 10.1. The number of carbonyl (C=O) groups excluding carboxylic acids is 3. The third kappa shape index (κ3) is 4.63. The molecule has 3 N–H and O–H groups in total. The van der Waals surface area contributed by atoms with Gasteiger partial charge >= 0.3 is 0 Å². The van der Waals surface area contributed by atoms with E-state index in [-0.39, 0.29) is 17.7 Å². The highest BCUT2D eigenvalue weighted by Crippen LogP contribution is 2.32. The molecule has 2 aromatic rings. The first kappa shape index (κ1) is 18.7. The van der Waals surface area contributed by atoms with Crippen LogP contribution in [0.2, 0.25) is 0 Å². The van der Waals surface area contributed by atoms with Crippen LogP contribution in [-0.4, -0.2) is 29.9 Å². The second-order valence-corrected chi connectivity index (χ2v) is 7.15. The highest BCUT2D eigenvalue weighted by Gasteiger charge is 2.24. The fourth-order valence-electron chi connectivity index (χ4n) is 2.88. The smallest absolute Gasteiger partial charge is 0.265 e. The Morgan fingerprint density at radius 3 is 2.62 bits per heavy atom. The molecule has 29 heavy (non-hydrogen) atoms. The fourth-order valence-corrected chi connectivity index (χ4v) is 2.88. The zero-order chi connectivity index (χ0) is 20.4. The quantitative estimate of drug-likeness (QED) is 0.683. The van der Waals surface area contributed by atoms with E-state index < -0.39 is 6.10 Å². The molecule has 0 spiro atoms. The van der Waals surface area contributed by atoms with Gasteiger partial charge in [0.05, 0.1) is 5.69 Å². The number of hydrogen-bond acceptors (Lipinski definition) is 4. The molecule has 3 amide bonds. The highest BCUT2D eigenvalue weighted by atomic mass is 16.5. The summed E-state index contributed by atoms with van der Waals surface area (Å²) >= 11 is 0. The minimum Gasteiger partial charge on any atom is -0.479 e. The SMILES string of the molecule is CC1Oc2ccc(NC(=O)/C=C/c3ccc(C(=O)NC4CC4)cc3)cc2NC1=O. The number of fused-ring (bicyclic) bond motifs is 1. The zero-order valence-corrected chi connectivity index (χ0v) is 15.9. The number of benzene rings is 2. The van der Waals surface area contributed by atoms with Crippen LogP contribution in [0.1, 0.15) is 35.7 Å². The van der Waals surface area contributed by atoms with Gasteiger partial charge in [-0.3, -0.25) is 14.4 Å². The van der Waals surface area contributed by atoms with Crippen LogP contribution in [-0.2, 0) is 9.59 Å². The van der Waals surface area contributed by atoms with Gasteiger partial charge < -0.3 is 20.7 Å². The summed E-state index contributed by atoms with van der Waals surface area (Å²) in [4.78, 5) is 35.9. The van der Waals surface area contributed by atoms with Crippen LogP contribution < -0.4 is 20.7 Å². The van der Waals surface area contributed by atoms with Crippen LogP contribution in [0.4, 0.5) is 11.4 Å². The van der Waals surface area contributed by atoms with Crippen molar-refractivity contribution in [1.82, 2.24) is 5.32 Å². The third-order valence-electron chi connectivity index (χ3n) is 4.69. The molecule has 2 aromatic carbocycles. The van der Waals surface area contributed by atoms with E-state index in [1.54, 1.807) is 55.5 Å². The largest absolute Gasteiger partial charge is 0.479 e. The Morgan fingerprint density at radius 2 is 1.90 bits per heavy atom. The average Bonchev–Trinajstić information content (AvgIpc) is 3.52. The van der Waals surface area contributed by atoms with Crippen molar-refractivity contribution in [3.05, 3.63) is 59.7 Å². The second-order valence-electron chi connectivity index (χ2n) is 7.15. The van der Waals surface area contributed by atoms with Gasteiger partial charge in [0, 0.05) is 23.4 Å². The van der Waals surface area contributed by atoms with Crippen LogP contribution in [0.25, 0.3) is 6.08 Å². The van der Waals surface area contributed by atoms with Gasteiger partial charge in [0.25, 0.3) is 11.8 Å². The molecule has 1 heterocycles. The molecule has 0 aromatic heterocycles. The highest BCUT2D eigenvalue weighted by molar-refractivity contribution is 6.03. The van der Waals surface area contributed by atoms with Crippen molar-refractivity contribution in [2.75, 3.05) is 10.6 Å². The average molecular weight is 391 g/mol. The van der Waals surface area contributed by atoms with E-state index in [0.29, 0.717) is 28.7 Å². The minimum atomic E-state index is -0.544. The van der Waals surface area contributed by atoms with E-state index in [0.717, 1.165) is 18.4 Å². The Morgan fingerprint density at radius 1 is 1.14 bits per heavy atom. The van der Waals surface area contributed by atoms with Gasteiger partial charge in [0.1, 0.15) is 5.75 Å². The Labute approximate surface area is 168 Å². The van der Waals surface area contributed by atoms with Crippen LogP contribution in [0.5, 0.6) is 5.75 Å². The molecule has 1 aliphatic carbocycles. The second kappa shape index (κ2) is 7.79. The van der Waals surface area contributed by atoms with Crippen LogP contribution in [0.15, 0.2) is 48.5 Å². The first-order valence-electron chi connectivity index (χ1n) is 9.49. The summed E-state index contributed by atoms with van der Waals surface area (Å²) in [6.45, 7) is 1.67. The summed E-state index contributed by atoms with van der Waals surface area (Å²) in [6, 6.07) is 12.4. The molecule has 1 aliphatic heterocycles. The molecule has 2 aliphatic rings. The molecule has 1 fully saturated rings. The minimum absolute atomic E-state index is 0.0707. The Bertz CT molecular complexity index is 994. The molecular formula is C22H21N3O4. The first-order valence-corrected chi connectivity index (χ1v) is 9.49. The van der Waals surface area contributed by atoms with Crippen LogP contribution in [0, 0.1) is 0 Å². The van der Waals surface area contributed by atoms with Gasteiger partial charge in [-0.2, -0.15) is 0 Å². The van der Waals surface area contributed by atoms with Crippen LogP contribution in [0.3, 0.4) is 0 Å². The summed E-state index contributed by atoms with van der Waals surface area (Å²) in [5, 5.41) is 8.43. The lowest BCUT2D eigenvalue weighted by Gasteiger charge is -2.23. The summed E-state index contributed by atoms with van der Waals surface area (Å²) < 4.78 is 5.49. The normalized spacial score (nSPS) is 17.8. The van der Waals surface area contributed by atoms with Crippen LogP contribution >= 0.6 is 0 Å². The van der Waals surface area contributed by atoms with Gasteiger partial charge in [-0.1, -0.05) is 12.1 Å². The number of carbonyl (C=O) groups is 3. The van der Waals surface area contributed by atoms with E-state index in [2.05, 4.69) is 16.0 Å². The van der Waals surface area contributed by atoms with Crippen molar-refractivity contribution >= 4 is 35.2 Å². The van der Waals surface area contributed by atoms with Gasteiger partial charge in [-0.15, -0.1) is 0 Å². The van der Waals surface area contributed by atoms with Crippen molar-refractivity contribution in [3.8, 4) is 5.75 Å². The number of anilines is 2. The number of amides is 3. The maximum Gasteiger partial charge on any atom is 0.265 e. The molecular weight excluding hydrogens is 370 g/mol. The maximum absolute atomic E-state index is 12.2. The summed E-state index contributed by atoms with van der Waals surface area (Å²) in [7, 11) is 0. The van der Waals surface area contributed by atoms with Gasteiger partial charge in [-0.05, 0) is 61.7 Å². The molecule has 0 bridgehead atoms. The summed E-state index contributed by atoms with van der Waals surface area (Å²) in [6.07, 6.45) is 4.63. The van der Waals surface area contributed by atoms with Gasteiger partial charge in [0.2, 0.25) is 5.91 Å². The molecule has 148 valence electrons. The molecule has 0 saturated heterocycles. The van der Waals surface area contributed by atoms with Crippen molar-refractivity contribution < 1.29 is 19.1 Å². The molecule has 0 radical (unpaired) electrons. The Kier molecular flexibility index (Phi) is 5.03. The lowest BCUT2D eigenvalue weighted by Crippen LogP contribution is -2.34. The number of ether oxygens (including phenoxy) is 1. The molecule has 7 heteroatoms. The molecule has 1 saturated carbocycles. The standard InChI is InChI=1S/C22H21N3O4/c1-13-21(27)25-18-12-17(9-10-19(18)29-13)23-20(26)11-4-14-2-5-15(6-3-14)22(28)24-16-7-8-16/h2-6,9-13,16H,7-8H2,1H3,(H,23,26)(H,24,28)(H,25,27)/b11-4+. The van der Waals surface area contributed by atoms with Gasteiger partial charge in [-0.25, -0.2) is 0 Å². The van der Waals surface area contributed by atoms with E-state index in [1.165, 1.54) is 6.08 Å². The topological polar surface area (TPSA) is 96.5 Å². The van der Waals surface area contributed by atoms with Crippen molar-refractivity contribution in [2.24, 2.45) is 0 Å². The predicted octanol–water partition coefficient (Wildman–Crippen LogP) is 2.95.